The number of nitrogens with one attached hydrogen (secondary N) is 1. The molecule has 123 valence electrons. The van der Waals surface area contributed by atoms with Crippen molar-refractivity contribution in [2.45, 2.75) is 56.5 Å². The highest BCUT2D eigenvalue weighted by atomic mass is 19.3. The fraction of sp³-hybridized carbons (Fsp3) is 0.800. The van der Waals surface area contributed by atoms with E-state index in [-0.39, 0.29) is 43.6 Å². The Morgan fingerprint density at radius 3 is 2.55 bits per heavy atom. The molecule has 1 N–H and O–H groups in total. The van der Waals surface area contributed by atoms with Crippen molar-refractivity contribution in [1.82, 2.24) is 10.2 Å². The monoisotopic (exact) mass is 315 g/mol. The number of piperidine rings is 1. The van der Waals surface area contributed by atoms with E-state index in [0.717, 1.165) is 12.8 Å². The van der Waals surface area contributed by atoms with Crippen molar-refractivity contribution in [3.05, 3.63) is 6.54 Å². The molecule has 3 aliphatic rings. The van der Waals surface area contributed by atoms with Crippen molar-refractivity contribution >= 4 is 12.0 Å². The van der Waals surface area contributed by atoms with E-state index in [2.05, 4.69) is 10.1 Å². The van der Waals surface area contributed by atoms with Crippen molar-refractivity contribution in [2.75, 3.05) is 7.11 Å². The second-order valence-electron chi connectivity index (χ2n) is 6.53. The van der Waals surface area contributed by atoms with Gasteiger partial charge in [-0.3, -0.25) is 4.79 Å². The number of likely N-dealkylation sites (tertiary alicyclic amines) is 1. The average molecular weight is 315 g/mol. The van der Waals surface area contributed by atoms with E-state index < -0.39 is 18.1 Å². The second kappa shape index (κ2) is 5.66. The van der Waals surface area contributed by atoms with Crippen molar-refractivity contribution in [3.8, 4) is 0 Å². The Labute approximate surface area is 128 Å². The van der Waals surface area contributed by atoms with Gasteiger partial charge in [0.15, 0.2) is 0 Å². The van der Waals surface area contributed by atoms with Gasteiger partial charge in [-0.1, -0.05) is 0 Å². The highest BCUT2D eigenvalue weighted by molar-refractivity contribution is 5.87. The van der Waals surface area contributed by atoms with Crippen LogP contribution < -0.4 is 5.32 Å². The smallest absolute Gasteiger partial charge is 0.407 e. The largest absolute Gasteiger partial charge is 0.453 e. The molecule has 5 nitrogen and oxygen atoms in total. The van der Waals surface area contributed by atoms with E-state index in [1.165, 1.54) is 7.11 Å². The third-order valence-corrected chi connectivity index (χ3v) is 5.06. The molecule has 0 spiro atoms. The van der Waals surface area contributed by atoms with Gasteiger partial charge in [-0.05, 0) is 37.5 Å². The normalized spacial score (nSPS) is 31.3. The molecule has 0 bridgehead atoms. The maximum absolute atomic E-state index is 13.3. The minimum absolute atomic E-state index is 0.189. The van der Waals surface area contributed by atoms with Crippen molar-refractivity contribution in [2.24, 2.45) is 11.8 Å². The standard InChI is InChI=1S/C15H21F2N2O3/c1-22-14(21)18-12(9-2-5-15(16,17)6-3-9)13(20)19-7-4-10-8-11(10)19/h7,9-12H,2-6,8H2,1H3,(H,18,21)/t10-,11-,12+/m1/s1. The van der Waals surface area contributed by atoms with E-state index >= 15 is 0 Å². The molecule has 1 saturated heterocycles. The van der Waals surface area contributed by atoms with E-state index in [1.54, 1.807) is 4.90 Å². The van der Waals surface area contributed by atoms with Crippen molar-refractivity contribution < 1.29 is 23.1 Å². The number of halogens is 2. The molecule has 2 amide bonds. The van der Waals surface area contributed by atoms with Gasteiger partial charge in [-0.25, -0.2) is 13.6 Å². The lowest BCUT2D eigenvalue weighted by Crippen LogP contribution is -2.52. The molecule has 1 radical (unpaired) electrons. The van der Waals surface area contributed by atoms with Crippen LogP contribution in [0.3, 0.4) is 0 Å². The zero-order valence-corrected chi connectivity index (χ0v) is 12.6. The van der Waals surface area contributed by atoms with Crippen molar-refractivity contribution in [3.63, 3.8) is 0 Å². The first-order valence-corrected chi connectivity index (χ1v) is 7.79. The zero-order chi connectivity index (χ0) is 15.9. The van der Waals surface area contributed by atoms with Gasteiger partial charge >= 0.3 is 6.09 Å². The van der Waals surface area contributed by atoms with Crippen LogP contribution in [-0.2, 0) is 9.53 Å². The summed E-state index contributed by atoms with van der Waals surface area (Å²) in [7, 11) is 1.23. The summed E-state index contributed by atoms with van der Waals surface area (Å²) in [6, 6.07) is -0.543. The summed E-state index contributed by atoms with van der Waals surface area (Å²) < 4.78 is 31.2. The lowest BCUT2D eigenvalue weighted by Gasteiger charge is -2.35. The number of nitrogens with zero attached hydrogens (tertiary/aromatic N) is 1. The SMILES string of the molecule is COC(=O)N[C@H](C(=O)N1[CH]C[C@@H]2C[C@H]21)C1CCC(F)(F)CC1. The van der Waals surface area contributed by atoms with Crippen LogP contribution in [0.4, 0.5) is 13.6 Å². The molecule has 2 aliphatic carbocycles. The maximum atomic E-state index is 13.3. The van der Waals surface area contributed by atoms with Gasteiger partial charge in [0.25, 0.3) is 0 Å². The molecule has 7 heteroatoms. The summed E-state index contributed by atoms with van der Waals surface area (Å²) in [4.78, 5) is 26.0. The molecular formula is C15H21F2N2O3. The molecule has 3 atom stereocenters. The van der Waals surface area contributed by atoms with E-state index in [9.17, 15) is 18.4 Å². The topological polar surface area (TPSA) is 58.6 Å². The van der Waals surface area contributed by atoms with Crippen molar-refractivity contribution in [1.29, 1.82) is 0 Å². The Morgan fingerprint density at radius 2 is 2.05 bits per heavy atom. The molecule has 0 aromatic heterocycles. The summed E-state index contributed by atoms with van der Waals surface area (Å²) in [6.45, 7) is 1.87. The quantitative estimate of drug-likeness (QED) is 0.869. The Morgan fingerprint density at radius 1 is 1.36 bits per heavy atom. The van der Waals surface area contributed by atoms with Gasteiger partial charge in [0.05, 0.1) is 13.7 Å². The lowest BCUT2D eigenvalue weighted by atomic mass is 9.81. The highest BCUT2D eigenvalue weighted by Crippen LogP contribution is 2.47. The number of hydrogen-bond donors (Lipinski definition) is 1. The zero-order valence-electron chi connectivity index (χ0n) is 12.6. The molecule has 2 saturated carbocycles. The van der Waals surface area contributed by atoms with Gasteiger partial charge in [0.1, 0.15) is 6.04 Å². The van der Waals surface area contributed by atoms with Gasteiger partial charge in [-0.2, -0.15) is 0 Å². The Bertz CT molecular complexity index is 462. The summed E-state index contributed by atoms with van der Waals surface area (Å²) >= 11 is 0. The number of carbonyl (C=O) groups excluding carboxylic acids is 2. The first-order valence-electron chi connectivity index (χ1n) is 7.79. The number of ether oxygens (including phenoxy) is 1. The van der Waals surface area contributed by atoms with Crippen LogP contribution in [-0.4, -0.2) is 42.0 Å². The summed E-state index contributed by atoms with van der Waals surface area (Å²) in [5, 5.41) is 2.56. The molecule has 3 fully saturated rings. The number of alkyl halides is 2. The van der Waals surface area contributed by atoms with Gasteiger partial charge in [0, 0.05) is 18.9 Å². The molecule has 1 heterocycles. The Balaban J connectivity index is 1.69. The number of methoxy groups -OCH3 is 1. The minimum atomic E-state index is -2.66. The molecule has 1 aliphatic heterocycles. The molecular weight excluding hydrogens is 294 g/mol. The minimum Gasteiger partial charge on any atom is -0.453 e. The average Bonchev–Trinajstić information content (AvgIpc) is 3.15. The summed E-state index contributed by atoms with van der Waals surface area (Å²) in [6.07, 6.45) is 1.17. The second-order valence-corrected chi connectivity index (χ2v) is 6.53. The fourth-order valence-corrected chi connectivity index (χ4v) is 3.59. The Kier molecular flexibility index (Phi) is 3.99. The predicted octanol–water partition coefficient (Wildman–Crippen LogP) is 2.32. The lowest BCUT2D eigenvalue weighted by molar-refractivity contribution is -0.134. The number of carbonyl (C=O) groups is 2. The van der Waals surface area contributed by atoms with Gasteiger partial charge < -0.3 is 15.0 Å². The molecule has 0 unspecified atom stereocenters. The van der Waals surface area contributed by atoms with E-state index in [4.69, 9.17) is 0 Å². The molecule has 0 aromatic carbocycles. The van der Waals surface area contributed by atoms with Gasteiger partial charge in [-0.15, -0.1) is 0 Å². The summed E-state index contributed by atoms with van der Waals surface area (Å²) in [5.41, 5.74) is 0. The molecule has 0 aromatic rings. The third kappa shape index (κ3) is 3.03. The fourth-order valence-electron chi connectivity index (χ4n) is 3.59. The third-order valence-electron chi connectivity index (χ3n) is 5.06. The van der Waals surface area contributed by atoms with Gasteiger partial charge in [0.2, 0.25) is 11.8 Å². The van der Waals surface area contributed by atoms with Crippen LogP contribution in [0.25, 0.3) is 0 Å². The molecule has 22 heavy (non-hydrogen) atoms. The summed E-state index contributed by atoms with van der Waals surface area (Å²) in [5.74, 6) is -2.57. The number of rotatable bonds is 3. The van der Waals surface area contributed by atoms with E-state index in [1.807, 2.05) is 6.54 Å². The number of hydrogen-bond acceptors (Lipinski definition) is 3. The van der Waals surface area contributed by atoms with Crippen LogP contribution in [0.5, 0.6) is 0 Å². The van der Waals surface area contributed by atoms with Crippen LogP contribution >= 0.6 is 0 Å². The number of fused-ring (bicyclic) bond motifs is 1. The maximum Gasteiger partial charge on any atom is 0.407 e. The van der Waals surface area contributed by atoms with Crippen LogP contribution in [0, 0.1) is 18.4 Å². The highest BCUT2D eigenvalue weighted by Gasteiger charge is 2.51. The van der Waals surface area contributed by atoms with E-state index in [0.29, 0.717) is 5.92 Å². The van der Waals surface area contributed by atoms with Crippen LogP contribution in [0.2, 0.25) is 0 Å². The Hall–Kier alpha value is -1.40. The number of amides is 2. The van der Waals surface area contributed by atoms with Crippen LogP contribution in [0.1, 0.15) is 38.5 Å². The first kappa shape index (κ1) is 15.5. The number of alkyl carbamates (subject to hydrolysis) is 1. The first-order chi connectivity index (χ1) is 10.4. The molecule has 3 rings (SSSR count). The van der Waals surface area contributed by atoms with Crippen LogP contribution in [0.15, 0.2) is 0 Å². The predicted molar refractivity (Wildman–Crippen MR) is 73.9 cm³/mol.